The third-order valence-corrected chi connectivity index (χ3v) is 4.75. The number of carbonyl (C=O) groups excluding carboxylic acids is 2. The maximum absolute atomic E-state index is 12.5. The highest BCUT2D eigenvalue weighted by Crippen LogP contribution is 2.22. The van der Waals surface area contributed by atoms with Crippen molar-refractivity contribution in [2.45, 2.75) is 13.0 Å². The van der Waals surface area contributed by atoms with E-state index in [4.69, 9.17) is 11.6 Å². The quantitative estimate of drug-likeness (QED) is 0.742. The minimum Gasteiger partial charge on any atom is -0.338 e. The molecule has 3 aromatic rings. The lowest BCUT2D eigenvalue weighted by Gasteiger charge is -2.16. The van der Waals surface area contributed by atoms with Gasteiger partial charge in [0.25, 0.3) is 0 Å². The smallest absolute Gasteiger partial charge is 0.232 e. The average Bonchev–Trinajstić information content (AvgIpc) is 3.20. The van der Waals surface area contributed by atoms with Gasteiger partial charge in [-0.1, -0.05) is 35.9 Å². The first kappa shape index (κ1) is 16.6. The van der Waals surface area contributed by atoms with Crippen LogP contribution in [0.1, 0.15) is 12.0 Å². The largest absolute Gasteiger partial charge is 0.338 e. The Morgan fingerprint density at radius 3 is 2.77 bits per heavy atom. The Labute approximate surface area is 155 Å². The molecule has 2 heterocycles. The number of carbonyl (C=O) groups is 2. The van der Waals surface area contributed by atoms with E-state index in [1.54, 1.807) is 17.0 Å². The normalized spacial score (nSPS) is 17.0. The van der Waals surface area contributed by atoms with Gasteiger partial charge in [0.05, 0.1) is 17.0 Å². The Morgan fingerprint density at radius 1 is 1.23 bits per heavy atom. The second-order valence-corrected chi connectivity index (χ2v) is 6.83. The van der Waals surface area contributed by atoms with Crippen LogP contribution in [0.3, 0.4) is 0 Å². The number of amides is 2. The number of hydrogen-bond donors (Lipinski definition) is 2. The Balaban J connectivity index is 1.40. The van der Waals surface area contributed by atoms with Crippen LogP contribution in [0.5, 0.6) is 0 Å². The van der Waals surface area contributed by atoms with Crippen molar-refractivity contribution in [3.8, 4) is 0 Å². The van der Waals surface area contributed by atoms with Crippen molar-refractivity contribution in [2.24, 2.45) is 5.92 Å². The van der Waals surface area contributed by atoms with Crippen molar-refractivity contribution in [3.63, 3.8) is 0 Å². The molecule has 2 N–H and O–H groups in total. The molecule has 1 aliphatic heterocycles. The molecule has 0 unspecified atom stereocenters. The summed E-state index contributed by atoms with van der Waals surface area (Å²) in [7, 11) is 0. The number of aromatic amines is 1. The summed E-state index contributed by atoms with van der Waals surface area (Å²) >= 11 is 5.89. The van der Waals surface area contributed by atoms with E-state index < -0.39 is 0 Å². The first-order valence-corrected chi connectivity index (χ1v) is 8.74. The predicted octanol–water partition coefficient (Wildman–Crippen LogP) is 3.20. The third kappa shape index (κ3) is 3.41. The van der Waals surface area contributed by atoms with Crippen molar-refractivity contribution >= 4 is 40.4 Å². The zero-order chi connectivity index (χ0) is 18.1. The number of para-hydroxylation sites is 2. The van der Waals surface area contributed by atoms with E-state index in [2.05, 4.69) is 15.3 Å². The minimum absolute atomic E-state index is 0.0234. The van der Waals surface area contributed by atoms with Gasteiger partial charge in [-0.15, -0.1) is 0 Å². The minimum atomic E-state index is -0.386. The molecule has 0 bridgehead atoms. The molecule has 0 spiro atoms. The molecule has 26 heavy (non-hydrogen) atoms. The number of likely N-dealkylation sites (tertiary alicyclic amines) is 1. The zero-order valence-electron chi connectivity index (χ0n) is 13.9. The summed E-state index contributed by atoms with van der Waals surface area (Å²) in [5, 5.41) is 3.44. The van der Waals surface area contributed by atoms with Gasteiger partial charge in [-0.3, -0.25) is 14.9 Å². The second-order valence-electron chi connectivity index (χ2n) is 6.39. The van der Waals surface area contributed by atoms with Crippen molar-refractivity contribution in [1.29, 1.82) is 0 Å². The number of hydrogen-bond acceptors (Lipinski definition) is 3. The molecule has 1 atom stereocenters. The summed E-state index contributed by atoms with van der Waals surface area (Å²) in [4.78, 5) is 33.9. The Kier molecular flexibility index (Phi) is 4.34. The Hall–Kier alpha value is -2.86. The summed E-state index contributed by atoms with van der Waals surface area (Å²) in [6.45, 7) is 0.873. The Bertz CT molecular complexity index is 934. The molecule has 1 saturated heterocycles. The first-order chi connectivity index (χ1) is 12.6. The first-order valence-electron chi connectivity index (χ1n) is 8.36. The fourth-order valence-electron chi connectivity index (χ4n) is 3.14. The Morgan fingerprint density at radius 2 is 2.00 bits per heavy atom. The highest BCUT2D eigenvalue weighted by molar-refractivity contribution is 6.30. The van der Waals surface area contributed by atoms with Crippen LogP contribution in [0.2, 0.25) is 5.02 Å². The third-order valence-electron chi connectivity index (χ3n) is 4.50. The van der Waals surface area contributed by atoms with Crippen LogP contribution in [-0.2, 0) is 16.1 Å². The van der Waals surface area contributed by atoms with Gasteiger partial charge in [0.15, 0.2) is 0 Å². The molecule has 0 saturated carbocycles. The number of rotatable bonds is 4. The standard InChI is InChI=1S/C19H17ClN4O2/c20-14-7-5-12(6-8-14)10-24-11-13(9-17(24)25)18(26)23-19-21-15-3-1-2-4-16(15)22-19/h1-8,13H,9-11H2,(H2,21,22,23,26)/t13-/m0/s1. The van der Waals surface area contributed by atoms with E-state index in [9.17, 15) is 9.59 Å². The summed E-state index contributed by atoms with van der Waals surface area (Å²) in [6, 6.07) is 14.9. The number of benzene rings is 2. The van der Waals surface area contributed by atoms with Crippen molar-refractivity contribution in [2.75, 3.05) is 11.9 Å². The average molecular weight is 369 g/mol. The monoisotopic (exact) mass is 368 g/mol. The molecular formula is C19H17ClN4O2. The predicted molar refractivity (Wildman–Crippen MR) is 99.7 cm³/mol. The van der Waals surface area contributed by atoms with Crippen LogP contribution < -0.4 is 5.32 Å². The summed E-state index contributed by atoms with van der Waals surface area (Å²) < 4.78 is 0. The molecule has 0 aliphatic carbocycles. The van der Waals surface area contributed by atoms with Crippen LogP contribution in [0.4, 0.5) is 5.95 Å². The number of aromatic nitrogens is 2. The molecule has 1 fully saturated rings. The molecule has 6 nitrogen and oxygen atoms in total. The van der Waals surface area contributed by atoms with Crippen LogP contribution in [0.15, 0.2) is 48.5 Å². The molecule has 0 radical (unpaired) electrons. The number of nitrogens with one attached hydrogen (secondary N) is 2. The van der Waals surface area contributed by atoms with E-state index >= 15 is 0 Å². The van der Waals surface area contributed by atoms with E-state index in [0.717, 1.165) is 16.6 Å². The van der Waals surface area contributed by atoms with E-state index in [1.165, 1.54) is 0 Å². The number of imidazole rings is 1. The van der Waals surface area contributed by atoms with E-state index in [-0.39, 0.29) is 24.2 Å². The highest BCUT2D eigenvalue weighted by Gasteiger charge is 2.34. The second kappa shape index (κ2) is 6.80. The zero-order valence-corrected chi connectivity index (χ0v) is 14.7. The van der Waals surface area contributed by atoms with Crippen LogP contribution in [0.25, 0.3) is 11.0 Å². The van der Waals surface area contributed by atoms with Crippen LogP contribution in [-0.4, -0.2) is 33.2 Å². The lowest BCUT2D eigenvalue weighted by Crippen LogP contribution is -2.28. The summed E-state index contributed by atoms with van der Waals surface area (Å²) in [5.74, 6) is -0.205. The molecule has 2 amide bonds. The van der Waals surface area contributed by atoms with Crippen molar-refractivity contribution < 1.29 is 9.59 Å². The van der Waals surface area contributed by atoms with Gasteiger partial charge in [-0.2, -0.15) is 0 Å². The number of anilines is 1. The SMILES string of the molecule is O=C(Nc1nc2ccccc2[nH]1)[C@H]1CC(=O)N(Cc2ccc(Cl)cc2)C1. The lowest BCUT2D eigenvalue weighted by molar-refractivity contribution is -0.128. The molecule has 1 aromatic heterocycles. The fraction of sp³-hybridized carbons (Fsp3) is 0.211. The van der Waals surface area contributed by atoms with Crippen molar-refractivity contribution in [1.82, 2.24) is 14.9 Å². The highest BCUT2D eigenvalue weighted by atomic mass is 35.5. The van der Waals surface area contributed by atoms with Gasteiger partial charge in [0.1, 0.15) is 0 Å². The number of fused-ring (bicyclic) bond motifs is 1. The number of nitrogens with zero attached hydrogens (tertiary/aromatic N) is 2. The van der Waals surface area contributed by atoms with E-state index in [0.29, 0.717) is 24.1 Å². The number of halogens is 1. The van der Waals surface area contributed by atoms with Crippen LogP contribution in [0, 0.1) is 5.92 Å². The lowest BCUT2D eigenvalue weighted by atomic mass is 10.1. The van der Waals surface area contributed by atoms with E-state index in [1.807, 2.05) is 36.4 Å². The molecule has 4 rings (SSSR count). The van der Waals surface area contributed by atoms with Gasteiger partial charge in [-0.05, 0) is 29.8 Å². The van der Waals surface area contributed by atoms with Gasteiger partial charge in [0.2, 0.25) is 17.8 Å². The molecule has 132 valence electrons. The van der Waals surface area contributed by atoms with Gasteiger partial charge in [0, 0.05) is 24.5 Å². The molecule has 1 aliphatic rings. The number of H-pyrrole nitrogens is 1. The maximum Gasteiger partial charge on any atom is 0.232 e. The van der Waals surface area contributed by atoms with Gasteiger partial charge < -0.3 is 9.88 Å². The summed E-state index contributed by atoms with van der Waals surface area (Å²) in [5.41, 5.74) is 2.63. The molecule has 7 heteroatoms. The maximum atomic E-state index is 12.5. The van der Waals surface area contributed by atoms with Crippen molar-refractivity contribution in [3.05, 3.63) is 59.1 Å². The summed E-state index contributed by atoms with van der Waals surface area (Å²) in [6.07, 6.45) is 0.208. The topological polar surface area (TPSA) is 78.1 Å². The van der Waals surface area contributed by atoms with Gasteiger partial charge in [-0.25, -0.2) is 4.98 Å². The molecule has 2 aromatic carbocycles. The fourth-order valence-corrected chi connectivity index (χ4v) is 3.27. The van der Waals surface area contributed by atoms with Gasteiger partial charge >= 0.3 is 0 Å². The molecular weight excluding hydrogens is 352 g/mol. The van der Waals surface area contributed by atoms with Crippen LogP contribution >= 0.6 is 11.6 Å².